The van der Waals surface area contributed by atoms with Crippen molar-refractivity contribution in [1.29, 1.82) is 0 Å². The lowest BCUT2D eigenvalue weighted by Crippen LogP contribution is -2.29. The van der Waals surface area contributed by atoms with Crippen molar-refractivity contribution in [2.24, 2.45) is 0 Å². The summed E-state index contributed by atoms with van der Waals surface area (Å²) in [6.07, 6.45) is 0.0724. The lowest BCUT2D eigenvalue weighted by molar-refractivity contribution is -0.118. The number of phosphoric acid groups is 3. The molecule has 1 amide bonds. The average molecular weight is 654 g/mol. The van der Waals surface area contributed by atoms with Gasteiger partial charge < -0.3 is 40.1 Å². The Morgan fingerprint density at radius 1 is 1.28 bits per heavy atom. The molecule has 2 heterocycles. The van der Waals surface area contributed by atoms with E-state index in [1.807, 2.05) is 0 Å². The highest BCUT2D eigenvalue weighted by molar-refractivity contribution is 8.76. The van der Waals surface area contributed by atoms with Gasteiger partial charge in [0.2, 0.25) is 5.91 Å². The summed E-state index contributed by atoms with van der Waals surface area (Å²) >= 11 is 0. The van der Waals surface area contributed by atoms with Gasteiger partial charge in [0.15, 0.2) is 0 Å². The highest BCUT2D eigenvalue weighted by Gasteiger charge is 2.43. The minimum atomic E-state index is -5.71. The Kier molecular flexibility index (Phi) is 12.7. The molecule has 5 atom stereocenters. The zero-order valence-corrected chi connectivity index (χ0v) is 24.5. The lowest BCUT2D eigenvalue weighted by Gasteiger charge is -2.21. The minimum absolute atomic E-state index is 0.0134. The monoisotopic (exact) mass is 654 g/mol. The van der Waals surface area contributed by atoms with Crippen molar-refractivity contribution in [1.82, 2.24) is 14.9 Å². The first kappa shape index (κ1) is 33.9. The molecule has 0 bridgehead atoms. The SMILES string of the molecule is CSSCO[C@H]1C[C@H](n2cc(C#CCNC(C)=O)c(N)nc2=O)O[C@@H]1COP(=O)(O)OP(=O)(O)OP(=O)(O)O. The van der Waals surface area contributed by atoms with Gasteiger partial charge in [-0.1, -0.05) is 33.4 Å². The number of amides is 1. The van der Waals surface area contributed by atoms with E-state index in [2.05, 4.69) is 35.3 Å². The molecule has 220 valence electrons. The topological polar surface area (TPSA) is 268 Å². The van der Waals surface area contributed by atoms with Crippen LogP contribution in [-0.2, 0) is 41.1 Å². The largest absolute Gasteiger partial charge is 0.490 e. The molecule has 1 saturated heterocycles. The third-order valence-corrected chi connectivity index (χ3v) is 9.65. The number of carbonyl (C=O) groups is 1. The summed E-state index contributed by atoms with van der Waals surface area (Å²) in [5.74, 6) is 5.00. The maximum Gasteiger partial charge on any atom is 0.490 e. The summed E-state index contributed by atoms with van der Waals surface area (Å²) < 4.78 is 59.0. The molecule has 1 aliphatic heterocycles. The molecule has 2 rings (SSSR count). The third-order valence-electron chi connectivity index (χ3n) is 4.39. The zero-order valence-electron chi connectivity index (χ0n) is 20.1. The van der Waals surface area contributed by atoms with E-state index in [1.54, 1.807) is 6.26 Å². The lowest BCUT2D eigenvalue weighted by atomic mass is 10.2. The van der Waals surface area contributed by atoms with Gasteiger partial charge in [-0.2, -0.15) is 13.6 Å². The van der Waals surface area contributed by atoms with Crippen LogP contribution in [0.1, 0.15) is 25.1 Å². The van der Waals surface area contributed by atoms with Crippen molar-refractivity contribution in [3.8, 4) is 11.8 Å². The first-order valence-corrected chi connectivity index (χ1v) is 17.6. The summed E-state index contributed by atoms with van der Waals surface area (Å²) in [7, 11) is -14.0. The molecular formula is C16H25N4O14P3S2. The molecule has 1 aromatic rings. The highest BCUT2D eigenvalue weighted by atomic mass is 33.1. The normalized spacial score (nSPS) is 22.4. The van der Waals surface area contributed by atoms with Gasteiger partial charge in [-0.3, -0.25) is 13.9 Å². The molecule has 23 heteroatoms. The number of hydrogen-bond donors (Lipinski definition) is 6. The molecule has 1 fully saturated rings. The van der Waals surface area contributed by atoms with Gasteiger partial charge in [-0.25, -0.2) is 18.5 Å². The van der Waals surface area contributed by atoms with Gasteiger partial charge in [0.25, 0.3) is 0 Å². The standard InChI is InChI=1S/C16H25N4O14P3S2/c1-10(21)18-5-3-4-11-7-20(16(22)19-15(11)17)14-6-12(30-9-39-38-2)13(32-14)8-31-36(26,27)34-37(28,29)33-35(23,24)25/h7,12-14H,5-6,8-9H2,1-2H3,(H,18,21)(H,26,27)(H,28,29)(H2,17,19,22)(H2,23,24,25)/t12-,13+,14+/m0/s1. The molecule has 0 aromatic carbocycles. The summed E-state index contributed by atoms with van der Waals surface area (Å²) in [5.41, 5.74) is 5.11. The number of nitrogens with one attached hydrogen (secondary N) is 1. The van der Waals surface area contributed by atoms with E-state index < -0.39 is 54.2 Å². The second-order valence-corrected chi connectivity index (χ2v) is 14.2. The number of carbonyl (C=O) groups excluding carboxylic acids is 1. The van der Waals surface area contributed by atoms with E-state index in [1.165, 1.54) is 34.7 Å². The maximum atomic E-state index is 12.5. The molecule has 1 aliphatic rings. The van der Waals surface area contributed by atoms with Gasteiger partial charge in [0.05, 0.1) is 24.8 Å². The Hall–Kier alpha value is -1.26. The van der Waals surface area contributed by atoms with Crippen molar-refractivity contribution in [2.75, 3.05) is 31.1 Å². The Bertz CT molecular complexity index is 1300. The second kappa shape index (κ2) is 14.6. The Morgan fingerprint density at radius 3 is 2.59 bits per heavy atom. The Labute approximate surface area is 229 Å². The number of hydrogen-bond acceptors (Lipinski definition) is 14. The van der Waals surface area contributed by atoms with Crippen LogP contribution in [0.4, 0.5) is 5.82 Å². The predicted molar refractivity (Wildman–Crippen MR) is 138 cm³/mol. The summed E-state index contributed by atoms with van der Waals surface area (Å²) in [6.45, 7) is 0.542. The van der Waals surface area contributed by atoms with E-state index in [9.17, 15) is 33.1 Å². The molecular weight excluding hydrogens is 629 g/mol. The molecule has 0 spiro atoms. The first-order chi connectivity index (χ1) is 18.0. The van der Waals surface area contributed by atoms with Crippen molar-refractivity contribution in [3.63, 3.8) is 0 Å². The van der Waals surface area contributed by atoms with E-state index in [-0.39, 0.29) is 36.2 Å². The van der Waals surface area contributed by atoms with Gasteiger partial charge in [0, 0.05) is 19.5 Å². The van der Waals surface area contributed by atoms with Crippen LogP contribution in [0.25, 0.3) is 0 Å². The van der Waals surface area contributed by atoms with E-state index in [0.29, 0.717) is 0 Å². The van der Waals surface area contributed by atoms with Crippen molar-refractivity contribution in [2.45, 2.75) is 31.8 Å². The number of ether oxygens (including phenoxy) is 2. The van der Waals surface area contributed by atoms with Crippen molar-refractivity contribution >= 4 is 56.8 Å². The molecule has 39 heavy (non-hydrogen) atoms. The highest BCUT2D eigenvalue weighted by Crippen LogP contribution is 2.66. The van der Waals surface area contributed by atoms with E-state index >= 15 is 0 Å². The average Bonchev–Trinajstić information content (AvgIpc) is 3.17. The molecule has 0 aliphatic carbocycles. The van der Waals surface area contributed by atoms with E-state index in [0.717, 1.165) is 4.57 Å². The molecule has 7 N–H and O–H groups in total. The van der Waals surface area contributed by atoms with Crippen LogP contribution in [0, 0.1) is 11.8 Å². The predicted octanol–water partition coefficient (Wildman–Crippen LogP) is 0.298. The summed E-state index contributed by atoms with van der Waals surface area (Å²) in [6, 6.07) is 0. The number of phosphoric ester groups is 1. The number of nitrogens with two attached hydrogens (primary N) is 1. The number of nitrogens with zero attached hydrogens (tertiary/aromatic N) is 2. The summed E-state index contributed by atoms with van der Waals surface area (Å²) in [5, 5.41) is 2.47. The van der Waals surface area contributed by atoms with E-state index in [4.69, 9.17) is 25.0 Å². The number of nitrogen functional groups attached to an aromatic ring is 1. The fraction of sp³-hybridized carbons (Fsp3) is 0.562. The molecule has 0 saturated carbocycles. The second-order valence-electron chi connectivity index (χ2n) is 7.30. The third kappa shape index (κ3) is 12.0. The van der Waals surface area contributed by atoms with Gasteiger partial charge in [-0.15, -0.1) is 0 Å². The van der Waals surface area contributed by atoms with Crippen LogP contribution in [0.5, 0.6) is 0 Å². The number of anilines is 1. The molecule has 18 nitrogen and oxygen atoms in total. The van der Waals surface area contributed by atoms with Gasteiger partial charge in [0.1, 0.15) is 24.1 Å². The van der Waals surface area contributed by atoms with Crippen LogP contribution in [0.3, 0.4) is 0 Å². The minimum Gasteiger partial charge on any atom is -0.382 e. The van der Waals surface area contributed by atoms with Crippen LogP contribution < -0.4 is 16.7 Å². The molecule has 2 unspecified atom stereocenters. The van der Waals surface area contributed by atoms with Crippen LogP contribution in [0.2, 0.25) is 0 Å². The maximum absolute atomic E-state index is 12.5. The van der Waals surface area contributed by atoms with Crippen LogP contribution in [0.15, 0.2) is 11.0 Å². The zero-order chi connectivity index (χ0) is 29.4. The Morgan fingerprint density at radius 2 is 1.97 bits per heavy atom. The molecule has 0 radical (unpaired) electrons. The summed E-state index contributed by atoms with van der Waals surface area (Å²) in [4.78, 5) is 63.5. The number of rotatable bonds is 13. The quantitative estimate of drug-likeness (QED) is 0.0549. The van der Waals surface area contributed by atoms with Gasteiger partial charge in [-0.05, 0) is 6.26 Å². The first-order valence-electron chi connectivity index (χ1n) is 10.3. The fourth-order valence-corrected chi connectivity index (χ4v) is 6.73. The number of aromatic nitrogens is 2. The van der Waals surface area contributed by atoms with Crippen molar-refractivity contribution < 1.29 is 60.7 Å². The Balaban J connectivity index is 2.21. The molecule has 1 aromatic heterocycles. The smallest absolute Gasteiger partial charge is 0.382 e. The van der Waals surface area contributed by atoms with Crippen LogP contribution in [-0.4, -0.2) is 72.6 Å². The van der Waals surface area contributed by atoms with Crippen molar-refractivity contribution in [3.05, 3.63) is 22.2 Å². The fourth-order valence-electron chi connectivity index (χ4n) is 2.92. The van der Waals surface area contributed by atoms with Crippen LogP contribution >= 0.6 is 45.1 Å². The van der Waals surface area contributed by atoms with Gasteiger partial charge >= 0.3 is 29.2 Å².